The average molecular weight is 361 g/mol. The average Bonchev–Trinajstić information content (AvgIpc) is 2.57. The van der Waals surface area contributed by atoms with Gasteiger partial charge in [-0.1, -0.05) is 30.3 Å². The Labute approximate surface area is 154 Å². The number of nitriles is 1. The number of carbonyl (C=O) groups excluding carboxylic acids is 1. The number of hydrogen-bond donors (Lipinski definition) is 3. The molecule has 0 spiro atoms. The molecular weight excluding hydrogens is 334 g/mol. The second-order valence-electron chi connectivity index (χ2n) is 6.69. The van der Waals surface area contributed by atoms with E-state index in [1.807, 2.05) is 36.4 Å². The number of alkyl carbamates (subject to hydrolysis) is 1. The predicted molar refractivity (Wildman–Crippen MR) is 98.1 cm³/mol. The molecule has 26 heavy (non-hydrogen) atoms. The van der Waals surface area contributed by atoms with E-state index < -0.39 is 17.7 Å². The molecule has 142 valence electrons. The third-order valence-corrected chi connectivity index (χ3v) is 3.19. The predicted octanol–water partition coefficient (Wildman–Crippen LogP) is 2.16. The number of benzene rings is 1. The third-order valence-electron chi connectivity index (χ3n) is 3.19. The Morgan fingerprint density at radius 1 is 1.38 bits per heavy atom. The van der Waals surface area contributed by atoms with Crippen molar-refractivity contribution in [2.45, 2.75) is 45.4 Å². The number of nitrogens with two attached hydrogens (primary N) is 1. The van der Waals surface area contributed by atoms with E-state index in [0.29, 0.717) is 6.61 Å². The quantitative estimate of drug-likeness (QED) is 0.282. The van der Waals surface area contributed by atoms with Gasteiger partial charge in [-0.3, -0.25) is 10.4 Å². The second kappa shape index (κ2) is 10.4. The number of ether oxygens (including phenoxy) is 2. The third kappa shape index (κ3) is 8.46. The molecule has 0 aliphatic heterocycles. The van der Waals surface area contributed by atoms with Crippen LogP contribution in [0.4, 0.5) is 4.79 Å². The number of hydrogen-bond acceptors (Lipinski definition) is 6. The Morgan fingerprint density at radius 3 is 2.62 bits per heavy atom. The Bertz CT molecular complexity index is 622. The maximum atomic E-state index is 12.0. The number of amides is 1. The van der Waals surface area contributed by atoms with E-state index in [1.165, 1.54) is 0 Å². The van der Waals surface area contributed by atoms with Crippen molar-refractivity contribution in [2.24, 2.45) is 5.84 Å². The van der Waals surface area contributed by atoms with Gasteiger partial charge in [0, 0.05) is 6.54 Å². The van der Waals surface area contributed by atoms with Crippen LogP contribution in [-0.4, -0.2) is 41.7 Å². The first-order chi connectivity index (χ1) is 12.2. The topological polar surface area (TPSA) is 124 Å². The van der Waals surface area contributed by atoms with Crippen molar-refractivity contribution in [3.8, 4) is 6.07 Å². The molecule has 0 saturated heterocycles. The highest BCUT2D eigenvalue weighted by Gasteiger charge is 2.24. The van der Waals surface area contributed by atoms with E-state index in [0.717, 1.165) is 10.6 Å². The van der Waals surface area contributed by atoms with Gasteiger partial charge in [0.25, 0.3) is 0 Å². The van der Waals surface area contributed by atoms with Crippen molar-refractivity contribution in [1.29, 1.82) is 10.7 Å². The molecule has 4 N–H and O–H groups in total. The van der Waals surface area contributed by atoms with Crippen LogP contribution in [0.1, 0.15) is 32.8 Å². The lowest BCUT2D eigenvalue weighted by Gasteiger charge is -2.27. The molecule has 0 radical (unpaired) electrons. The first-order valence-electron chi connectivity index (χ1n) is 8.31. The van der Waals surface area contributed by atoms with E-state index in [-0.39, 0.29) is 25.4 Å². The zero-order chi connectivity index (χ0) is 19.6. The molecule has 0 aromatic heterocycles. The molecule has 0 heterocycles. The molecule has 8 nitrogen and oxygen atoms in total. The van der Waals surface area contributed by atoms with Crippen LogP contribution < -0.4 is 11.2 Å². The largest absolute Gasteiger partial charge is 0.444 e. The van der Waals surface area contributed by atoms with Crippen LogP contribution >= 0.6 is 0 Å². The molecule has 1 aromatic rings. The minimum Gasteiger partial charge on any atom is -0.444 e. The summed E-state index contributed by atoms with van der Waals surface area (Å²) in [5.41, 5.74) is 0.314. The number of nitrogens with one attached hydrogen (secondary N) is 2. The molecule has 1 atom stereocenters. The van der Waals surface area contributed by atoms with Crippen molar-refractivity contribution < 1.29 is 14.3 Å². The fourth-order valence-electron chi connectivity index (χ4n) is 2.00. The number of hydrazine groups is 1. The molecule has 8 heteroatoms. The summed E-state index contributed by atoms with van der Waals surface area (Å²) >= 11 is 0. The maximum absolute atomic E-state index is 12.0. The lowest BCUT2D eigenvalue weighted by Crippen LogP contribution is -2.53. The Morgan fingerprint density at radius 2 is 2.04 bits per heavy atom. The summed E-state index contributed by atoms with van der Waals surface area (Å²) in [6.45, 7) is 5.82. The summed E-state index contributed by atoms with van der Waals surface area (Å²) in [5, 5.41) is 20.6. The van der Waals surface area contributed by atoms with Gasteiger partial charge in [0.05, 0.1) is 25.7 Å². The summed E-state index contributed by atoms with van der Waals surface area (Å²) in [7, 11) is 0. The Hall–Kier alpha value is -2.63. The van der Waals surface area contributed by atoms with E-state index in [4.69, 9.17) is 26.0 Å². The Balaban J connectivity index is 2.68. The first kappa shape index (κ1) is 21.4. The van der Waals surface area contributed by atoms with E-state index in [9.17, 15) is 4.79 Å². The number of rotatable bonds is 8. The summed E-state index contributed by atoms with van der Waals surface area (Å²) in [6.07, 6.45) is -0.493. The lowest BCUT2D eigenvalue weighted by atomic mass is 10.2. The number of nitrogens with zero attached hydrogens (tertiary/aromatic N) is 2. The van der Waals surface area contributed by atoms with E-state index in [2.05, 4.69) is 5.32 Å². The lowest BCUT2D eigenvalue weighted by molar-refractivity contribution is 0.0461. The van der Waals surface area contributed by atoms with Crippen molar-refractivity contribution in [3.63, 3.8) is 0 Å². The molecule has 0 aliphatic carbocycles. The molecule has 0 aliphatic rings. The minimum absolute atomic E-state index is 0.0488. The molecule has 1 aromatic carbocycles. The molecule has 1 rings (SSSR count). The summed E-state index contributed by atoms with van der Waals surface area (Å²) < 4.78 is 10.9. The van der Waals surface area contributed by atoms with Gasteiger partial charge >= 0.3 is 6.09 Å². The highest BCUT2D eigenvalue weighted by molar-refractivity contribution is 5.87. The normalized spacial score (nSPS) is 12.0. The van der Waals surface area contributed by atoms with E-state index in [1.54, 1.807) is 20.8 Å². The molecule has 0 bridgehead atoms. The van der Waals surface area contributed by atoms with Crippen LogP contribution in [0.5, 0.6) is 0 Å². The standard InChI is InChI=1S/C18H27N5O3/c1-18(2,3)26-17(24)22-15(16(20)23(21)11-7-10-19)13-25-12-14-8-5-4-6-9-14/h4-6,8-9,15,20H,7,11-13,21H2,1-3H3,(H,22,24). The van der Waals surface area contributed by atoms with Gasteiger partial charge in [0.2, 0.25) is 0 Å². The molecule has 1 unspecified atom stereocenters. The van der Waals surface area contributed by atoms with Gasteiger partial charge in [-0.15, -0.1) is 0 Å². The highest BCUT2D eigenvalue weighted by Crippen LogP contribution is 2.08. The zero-order valence-electron chi connectivity index (χ0n) is 15.5. The second-order valence-corrected chi connectivity index (χ2v) is 6.69. The van der Waals surface area contributed by atoms with Gasteiger partial charge in [0.15, 0.2) is 0 Å². The van der Waals surface area contributed by atoms with E-state index >= 15 is 0 Å². The smallest absolute Gasteiger partial charge is 0.408 e. The van der Waals surface area contributed by atoms with Crippen molar-refractivity contribution in [2.75, 3.05) is 13.2 Å². The number of amidine groups is 1. The van der Waals surface area contributed by atoms with Gasteiger partial charge in [-0.2, -0.15) is 5.26 Å². The van der Waals surface area contributed by atoms with Crippen molar-refractivity contribution in [3.05, 3.63) is 35.9 Å². The van der Waals surface area contributed by atoms with Crippen molar-refractivity contribution >= 4 is 11.9 Å². The Kier molecular flexibility index (Phi) is 8.55. The maximum Gasteiger partial charge on any atom is 0.408 e. The molecule has 0 saturated carbocycles. The monoisotopic (exact) mass is 361 g/mol. The van der Waals surface area contributed by atoms with Crippen LogP contribution in [0.15, 0.2) is 30.3 Å². The van der Waals surface area contributed by atoms with Crippen molar-refractivity contribution in [1.82, 2.24) is 10.3 Å². The van der Waals surface area contributed by atoms with Gasteiger partial charge in [-0.25, -0.2) is 10.6 Å². The molecule has 1 amide bonds. The van der Waals surface area contributed by atoms with Crippen LogP contribution in [0.25, 0.3) is 0 Å². The fraction of sp³-hybridized carbons (Fsp3) is 0.500. The SMILES string of the molecule is CC(C)(C)OC(=O)NC(COCc1ccccc1)C(=N)N(N)CCC#N. The van der Waals surface area contributed by atoms with Gasteiger partial charge < -0.3 is 14.8 Å². The number of carbonyl (C=O) groups is 1. The molecular formula is C18H27N5O3. The summed E-state index contributed by atoms with van der Waals surface area (Å²) in [4.78, 5) is 12.0. The minimum atomic E-state index is -0.794. The summed E-state index contributed by atoms with van der Waals surface area (Å²) in [5.74, 6) is 5.74. The van der Waals surface area contributed by atoms with Crippen LogP contribution in [0.2, 0.25) is 0 Å². The van der Waals surface area contributed by atoms with Gasteiger partial charge in [0.1, 0.15) is 17.5 Å². The van der Waals surface area contributed by atoms with Crippen LogP contribution in [0.3, 0.4) is 0 Å². The summed E-state index contributed by atoms with van der Waals surface area (Å²) in [6, 6.07) is 10.7. The highest BCUT2D eigenvalue weighted by atomic mass is 16.6. The zero-order valence-corrected chi connectivity index (χ0v) is 15.5. The molecule has 0 fully saturated rings. The first-order valence-corrected chi connectivity index (χ1v) is 8.31. The fourth-order valence-corrected chi connectivity index (χ4v) is 2.00. The van der Waals surface area contributed by atoms with Crippen LogP contribution in [-0.2, 0) is 16.1 Å². The van der Waals surface area contributed by atoms with Crippen LogP contribution in [0, 0.1) is 16.7 Å². The van der Waals surface area contributed by atoms with Gasteiger partial charge in [-0.05, 0) is 26.3 Å².